The van der Waals surface area contributed by atoms with Gasteiger partial charge < -0.3 is 15.0 Å². The average Bonchev–Trinajstić information content (AvgIpc) is 3.22. The van der Waals surface area contributed by atoms with Crippen molar-refractivity contribution in [3.63, 3.8) is 0 Å². The smallest absolute Gasteiger partial charge is 0.319 e. The first-order valence-corrected chi connectivity index (χ1v) is 14.9. The van der Waals surface area contributed by atoms with E-state index in [1.54, 1.807) is 6.20 Å². The van der Waals surface area contributed by atoms with Crippen LogP contribution < -0.4 is 15.0 Å². The summed E-state index contributed by atoms with van der Waals surface area (Å²) in [7, 11) is 0. The Balaban J connectivity index is 1.22. The normalized spacial score (nSPS) is 29.2. The molecule has 8 rings (SSSR count). The first-order valence-electron chi connectivity index (χ1n) is 14.9. The number of pyridine rings is 1. The summed E-state index contributed by atoms with van der Waals surface area (Å²) in [6, 6.07) is 9.30. The van der Waals surface area contributed by atoms with Gasteiger partial charge in [-0.25, -0.2) is 4.39 Å². The lowest BCUT2D eigenvalue weighted by Crippen LogP contribution is -2.51. The Bertz CT molecular complexity index is 1410. The summed E-state index contributed by atoms with van der Waals surface area (Å²) in [6.07, 6.45) is 9.97. The molecule has 2 aromatic heterocycles. The molecule has 4 saturated heterocycles. The van der Waals surface area contributed by atoms with Crippen LogP contribution in [0, 0.1) is 11.7 Å². The molecule has 2 bridgehead atoms. The maximum Gasteiger partial charge on any atom is 0.319 e. The first-order chi connectivity index (χ1) is 19.1. The maximum atomic E-state index is 16.5. The highest BCUT2D eigenvalue weighted by molar-refractivity contribution is 5.92. The number of rotatable bonds is 6. The Morgan fingerprint density at radius 1 is 1.08 bits per heavy atom. The fourth-order valence-corrected chi connectivity index (χ4v) is 7.94. The van der Waals surface area contributed by atoms with E-state index < -0.39 is 0 Å². The molecule has 6 heterocycles. The van der Waals surface area contributed by atoms with Crippen molar-refractivity contribution in [1.29, 1.82) is 0 Å². The van der Waals surface area contributed by atoms with Gasteiger partial charge in [0.15, 0.2) is 5.82 Å². The molecular formula is C31H37FN6O. The van der Waals surface area contributed by atoms with E-state index in [0.29, 0.717) is 47.1 Å². The van der Waals surface area contributed by atoms with Crippen LogP contribution in [-0.4, -0.2) is 70.3 Å². The molecule has 1 aliphatic carbocycles. The summed E-state index contributed by atoms with van der Waals surface area (Å²) in [6.45, 7) is 6.80. The largest absolute Gasteiger partial charge is 0.461 e. The van der Waals surface area contributed by atoms with Crippen LogP contribution in [0.1, 0.15) is 63.4 Å². The van der Waals surface area contributed by atoms with Crippen molar-refractivity contribution < 1.29 is 9.13 Å². The topological polar surface area (TPSA) is 66.4 Å². The SMILES string of the molecule is CC1CC1c1ccccc1-c1ncc2c(N3C[C@H]4CC[C@@H](C3)N4)nc(OCC34CCCN3CCC4)nc2c1F. The van der Waals surface area contributed by atoms with Crippen molar-refractivity contribution in [2.45, 2.75) is 75.4 Å². The van der Waals surface area contributed by atoms with E-state index in [-0.39, 0.29) is 17.4 Å². The monoisotopic (exact) mass is 528 g/mol. The summed E-state index contributed by atoms with van der Waals surface area (Å²) in [5, 5.41) is 4.37. The zero-order valence-corrected chi connectivity index (χ0v) is 22.7. The van der Waals surface area contributed by atoms with Gasteiger partial charge in [-0.15, -0.1) is 0 Å². The highest BCUT2D eigenvalue weighted by Gasteiger charge is 2.45. The molecule has 2 unspecified atom stereocenters. The number of fused-ring (bicyclic) bond motifs is 4. The van der Waals surface area contributed by atoms with E-state index in [9.17, 15) is 0 Å². The number of anilines is 1. The molecule has 0 radical (unpaired) electrons. The minimum atomic E-state index is -0.374. The number of nitrogens with one attached hydrogen (secondary N) is 1. The molecule has 8 heteroatoms. The molecule has 1 aromatic carbocycles. The van der Waals surface area contributed by atoms with Crippen LogP contribution in [0.25, 0.3) is 22.2 Å². The van der Waals surface area contributed by atoms with Gasteiger partial charge in [-0.05, 0) is 75.4 Å². The number of aromatic nitrogens is 3. The standard InChI is InChI=1S/C31H37FN6O/c1-19-14-24(19)22-6-2-3-7-23(22)27-26(32)28-25(15-33-27)29(37-16-20-8-9-21(17-37)34-20)36-30(35-28)39-18-31-10-4-12-38(31)13-5-11-31/h2-3,6-7,15,19-21,24,34H,4-5,8-14,16-18H2,1H3/t19?,20-,21+,24?. The van der Waals surface area contributed by atoms with Crippen LogP contribution in [-0.2, 0) is 0 Å². The van der Waals surface area contributed by atoms with Crippen LogP contribution in [0.2, 0.25) is 0 Å². The number of hydrogen-bond donors (Lipinski definition) is 1. The fourth-order valence-electron chi connectivity index (χ4n) is 7.94. The fraction of sp³-hybridized carbons (Fsp3) is 0.581. The minimum Gasteiger partial charge on any atom is -0.461 e. The number of piperazine rings is 1. The molecule has 5 fully saturated rings. The van der Waals surface area contributed by atoms with E-state index in [0.717, 1.165) is 56.8 Å². The number of ether oxygens (including phenoxy) is 1. The third-order valence-corrected chi connectivity index (χ3v) is 10.2. The third-order valence-electron chi connectivity index (χ3n) is 10.2. The van der Waals surface area contributed by atoms with Gasteiger partial charge in [0.05, 0.1) is 10.9 Å². The molecule has 1 saturated carbocycles. The van der Waals surface area contributed by atoms with Gasteiger partial charge in [0, 0.05) is 36.9 Å². The van der Waals surface area contributed by atoms with Gasteiger partial charge in [-0.3, -0.25) is 9.88 Å². The minimum absolute atomic E-state index is 0.0779. The van der Waals surface area contributed by atoms with Crippen LogP contribution in [0.4, 0.5) is 10.2 Å². The third kappa shape index (κ3) is 4.01. The molecule has 4 atom stereocenters. The Morgan fingerprint density at radius 3 is 2.56 bits per heavy atom. The predicted molar refractivity (Wildman–Crippen MR) is 150 cm³/mol. The predicted octanol–water partition coefficient (Wildman–Crippen LogP) is 4.90. The van der Waals surface area contributed by atoms with Crippen LogP contribution >= 0.6 is 0 Å². The second-order valence-corrected chi connectivity index (χ2v) is 12.7. The maximum absolute atomic E-state index is 16.5. The molecule has 39 heavy (non-hydrogen) atoms. The lowest BCUT2D eigenvalue weighted by Gasteiger charge is -2.34. The summed E-state index contributed by atoms with van der Waals surface area (Å²) in [5.41, 5.74) is 2.83. The lowest BCUT2D eigenvalue weighted by atomic mass is 9.95. The van der Waals surface area contributed by atoms with E-state index in [1.807, 2.05) is 18.2 Å². The second-order valence-electron chi connectivity index (χ2n) is 12.7. The van der Waals surface area contributed by atoms with Crippen LogP contribution in [0.5, 0.6) is 6.01 Å². The zero-order valence-electron chi connectivity index (χ0n) is 22.7. The van der Waals surface area contributed by atoms with Crippen molar-refractivity contribution >= 4 is 16.7 Å². The summed E-state index contributed by atoms with van der Waals surface area (Å²) < 4.78 is 22.9. The summed E-state index contributed by atoms with van der Waals surface area (Å²) in [5.74, 6) is 1.47. The van der Waals surface area contributed by atoms with Crippen LogP contribution in [0.15, 0.2) is 30.5 Å². The van der Waals surface area contributed by atoms with Gasteiger partial charge in [-0.1, -0.05) is 31.2 Å². The van der Waals surface area contributed by atoms with Gasteiger partial charge in [0.2, 0.25) is 0 Å². The number of halogens is 1. The van der Waals surface area contributed by atoms with E-state index in [2.05, 4.69) is 28.1 Å². The van der Waals surface area contributed by atoms with Crippen molar-refractivity contribution in [2.24, 2.45) is 5.92 Å². The summed E-state index contributed by atoms with van der Waals surface area (Å²) >= 11 is 0. The second kappa shape index (κ2) is 9.10. The van der Waals surface area contributed by atoms with Gasteiger partial charge in [0.1, 0.15) is 23.6 Å². The van der Waals surface area contributed by atoms with Crippen molar-refractivity contribution in [3.05, 3.63) is 41.8 Å². The van der Waals surface area contributed by atoms with Crippen LogP contribution in [0.3, 0.4) is 0 Å². The Kier molecular flexibility index (Phi) is 5.60. The van der Waals surface area contributed by atoms with E-state index in [1.165, 1.54) is 31.2 Å². The van der Waals surface area contributed by atoms with Crippen molar-refractivity contribution in [3.8, 4) is 17.3 Å². The Labute approximate surface area is 229 Å². The van der Waals surface area contributed by atoms with Crippen molar-refractivity contribution in [2.75, 3.05) is 37.7 Å². The zero-order chi connectivity index (χ0) is 26.1. The number of hydrogen-bond acceptors (Lipinski definition) is 7. The Morgan fingerprint density at radius 2 is 1.82 bits per heavy atom. The highest BCUT2D eigenvalue weighted by Crippen LogP contribution is 2.50. The quantitative estimate of drug-likeness (QED) is 0.488. The molecular weight excluding hydrogens is 491 g/mol. The first kappa shape index (κ1) is 24.0. The Hall–Kier alpha value is -2.84. The molecule has 7 nitrogen and oxygen atoms in total. The van der Waals surface area contributed by atoms with Gasteiger partial charge in [0.25, 0.3) is 0 Å². The van der Waals surface area contributed by atoms with E-state index in [4.69, 9.17) is 19.7 Å². The molecule has 0 amide bonds. The highest BCUT2D eigenvalue weighted by atomic mass is 19.1. The molecule has 4 aliphatic heterocycles. The molecule has 1 N–H and O–H groups in total. The molecule has 0 spiro atoms. The number of nitrogens with zero attached hydrogens (tertiary/aromatic N) is 5. The average molecular weight is 529 g/mol. The molecule has 5 aliphatic rings. The molecule has 3 aromatic rings. The lowest BCUT2D eigenvalue weighted by molar-refractivity contribution is 0.108. The number of benzene rings is 1. The van der Waals surface area contributed by atoms with E-state index >= 15 is 4.39 Å². The summed E-state index contributed by atoms with van der Waals surface area (Å²) in [4.78, 5) is 19.3. The molecule has 204 valence electrons. The van der Waals surface area contributed by atoms with Gasteiger partial charge in [-0.2, -0.15) is 9.97 Å². The van der Waals surface area contributed by atoms with Crippen molar-refractivity contribution in [1.82, 2.24) is 25.2 Å². The van der Waals surface area contributed by atoms with Gasteiger partial charge >= 0.3 is 6.01 Å².